The number of rotatable bonds is 5. The predicted octanol–water partition coefficient (Wildman–Crippen LogP) is 0.394. The van der Waals surface area contributed by atoms with Gasteiger partial charge in [0.2, 0.25) is 5.91 Å². The second-order valence-electron chi connectivity index (χ2n) is 4.39. The van der Waals surface area contributed by atoms with E-state index in [1.807, 2.05) is 23.7 Å². The lowest BCUT2D eigenvalue weighted by molar-refractivity contribution is -0.118. The van der Waals surface area contributed by atoms with Crippen LogP contribution in [0.2, 0.25) is 0 Å². The van der Waals surface area contributed by atoms with Gasteiger partial charge in [0, 0.05) is 25.4 Å². The molecule has 0 bridgehead atoms. The van der Waals surface area contributed by atoms with Crippen LogP contribution in [0.4, 0.5) is 5.69 Å². The molecule has 0 spiro atoms. The van der Waals surface area contributed by atoms with Crippen molar-refractivity contribution in [2.24, 2.45) is 12.8 Å². The molecule has 2 aromatic rings. The van der Waals surface area contributed by atoms with Crippen molar-refractivity contribution in [2.75, 3.05) is 19.0 Å². The number of nitrogens with one attached hydrogen (secondary N) is 1. The van der Waals surface area contributed by atoms with Gasteiger partial charge in [-0.2, -0.15) is 0 Å². The van der Waals surface area contributed by atoms with Gasteiger partial charge in [-0.25, -0.2) is 0 Å². The Morgan fingerprint density at radius 1 is 1.45 bits per heavy atom. The average molecular weight is 275 g/mol. The fourth-order valence-corrected chi connectivity index (χ4v) is 1.74. The fourth-order valence-electron chi connectivity index (χ4n) is 1.74. The Bertz CT molecular complexity index is 579. The van der Waals surface area contributed by atoms with Crippen LogP contribution in [0.1, 0.15) is 0 Å². The van der Waals surface area contributed by atoms with E-state index in [-0.39, 0.29) is 12.5 Å². The van der Waals surface area contributed by atoms with E-state index in [0.717, 1.165) is 11.4 Å². The van der Waals surface area contributed by atoms with E-state index < -0.39 is 6.04 Å². The first-order chi connectivity index (χ1) is 9.61. The van der Waals surface area contributed by atoms with E-state index in [1.165, 1.54) is 7.11 Å². The van der Waals surface area contributed by atoms with E-state index in [4.69, 9.17) is 10.5 Å². The Kier molecular flexibility index (Phi) is 4.44. The van der Waals surface area contributed by atoms with E-state index >= 15 is 0 Å². The van der Waals surface area contributed by atoms with Crippen molar-refractivity contribution in [1.29, 1.82) is 0 Å². The van der Waals surface area contributed by atoms with Crippen molar-refractivity contribution < 1.29 is 9.53 Å². The summed E-state index contributed by atoms with van der Waals surface area (Å²) in [5.41, 5.74) is 7.24. The van der Waals surface area contributed by atoms with Crippen LogP contribution in [0.3, 0.4) is 0 Å². The third kappa shape index (κ3) is 3.19. The predicted molar refractivity (Wildman–Crippen MR) is 74.9 cm³/mol. The van der Waals surface area contributed by atoms with E-state index in [2.05, 4.69) is 15.5 Å². The number of hydrogen-bond acceptors (Lipinski definition) is 5. The van der Waals surface area contributed by atoms with E-state index in [0.29, 0.717) is 5.69 Å². The topological polar surface area (TPSA) is 95.1 Å². The summed E-state index contributed by atoms with van der Waals surface area (Å²) in [6, 6.07) is 6.63. The summed E-state index contributed by atoms with van der Waals surface area (Å²) in [5.74, 6) is 0.484. The molecule has 20 heavy (non-hydrogen) atoms. The van der Waals surface area contributed by atoms with Crippen LogP contribution >= 0.6 is 0 Å². The van der Waals surface area contributed by atoms with Crippen LogP contribution in [-0.2, 0) is 16.6 Å². The second-order valence-corrected chi connectivity index (χ2v) is 4.39. The molecule has 0 aliphatic rings. The molecule has 1 atom stereocenters. The summed E-state index contributed by atoms with van der Waals surface area (Å²) in [7, 11) is 3.37. The molecule has 0 saturated carbocycles. The van der Waals surface area contributed by atoms with Gasteiger partial charge in [-0.3, -0.25) is 4.79 Å². The molecule has 0 radical (unpaired) electrons. The first kappa shape index (κ1) is 14.2. The lowest BCUT2D eigenvalue weighted by atomic mass is 10.2. The molecule has 0 saturated heterocycles. The average Bonchev–Trinajstić information content (AvgIpc) is 2.86. The zero-order valence-electron chi connectivity index (χ0n) is 11.4. The highest BCUT2D eigenvalue weighted by atomic mass is 16.5. The summed E-state index contributed by atoms with van der Waals surface area (Å²) in [6.07, 6.45) is 1.63. The molecule has 7 nitrogen and oxygen atoms in total. The van der Waals surface area contributed by atoms with Crippen LogP contribution in [0.15, 0.2) is 30.6 Å². The van der Waals surface area contributed by atoms with Gasteiger partial charge in [-0.1, -0.05) is 0 Å². The van der Waals surface area contributed by atoms with Crippen LogP contribution < -0.4 is 11.1 Å². The Labute approximate surface area is 116 Å². The highest BCUT2D eigenvalue weighted by molar-refractivity contribution is 5.94. The Morgan fingerprint density at radius 2 is 2.15 bits per heavy atom. The molecule has 1 aromatic heterocycles. The standard InChI is InChI=1S/C13H17N5O2/c1-18-8-15-17-12(18)9-3-5-10(6-4-9)16-13(19)11(14)7-20-2/h3-6,8,11H,7,14H2,1-2H3,(H,16,19). The summed E-state index contributed by atoms with van der Waals surface area (Å²) >= 11 is 0. The molecule has 0 aliphatic heterocycles. The lowest BCUT2D eigenvalue weighted by Crippen LogP contribution is -2.39. The van der Waals surface area contributed by atoms with Crippen molar-refractivity contribution in [3.05, 3.63) is 30.6 Å². The number of methoxy groups -OCH3 is 1. The van der Waals surface area contributed by atoms with Gasteiger partial charge in [0.25, 0.3) is 0 Å². The van der Waals surface area contributed by atoms with Crippen molar-refractivity contribution >= 4 is 11.6 Å². The SMILES string of the molecule is COCC(N)C(=O)Nc1ccc(-c2nncn2C)cc1. The van der Waals surface area contributed by atoms with Crippen LogP contribution in [0.5, 0.6) is 0 Å². The minimum Gasteiger partial charge on any atom is -0.383 e. The number of hydrogen-bond donors (Lipinski definition) is 2. The molecule has 1 heterocycles. The molecular weight excluding hydrogens is 258 g/mol. The number of amides is 1. The van der Waals surface area contributed by atoms with Crippen molar-refractivity contribution in [3.8, 4) is 11.4 Å². The maximum Gasteiger partial charge on any atom is 0.243 e. The zero-order chi connectivity index (χ0) is 14.5. The highest BCUT2D eigenvalue weighted by Gasteiger charge is 2.13. The maximum absolute atomic E-state index is 11.7. The molecular formula is C13H17N5O2. The first-order valence-electron chi connectivity index (χ1n) is 6.11. The summed E-state index contributed by atoms with van der Waals surface area (Å²) in [4.78, 5) is 11.7. The fraction of sp³-hybridized carbons (Fsp3) is 0.308. The maximum atomic E-state index is 11.7. The largest absolute Gasteiger partial charge is 0.383 e. The minimum atomic E-state index is -0.682. The zero-order valence-corrected chi connectivity index (χ0v) is 11.4. The highest BCUT2D eigenvalue weighted by Crippen LogP contribution is 2.18. The molecule has 2 rings (SSSR count). The Morgan fingerprint density at radius 3 is 2.70 bits per heavy atom. The molecule has 0 fully saturated rings. The minimum absolute atomic E-state index is 0.183. The molecule has 106 valence electrons. The van der Waals surface area contributed by atoms with Gasteiger partial charge in [-0.15, -0.1) is 10.2 Å². The van der Waals surface area contributed by atoms with Gasteiger partial charge in [0.1, 0.15) is 12.4 Å². The van der Waals surface area contributed by atoms with Crippen LogP contribution in [-0.4, -0.2) is 40.4 Å². The Balaban J connectivity index is 2.06. The summed E-state index contributed by atoms with van der Waals surface area (Å²) in [5, 5.41) is 10.6. The monoisotopic (exact) mass is 275 g/mol. The number of carbonyl (C=O) groups excluding carboxylic acids is 1. The van der Waals surface area contributed by atoms with Gasteiger partial charge in [0.15, 0.2) is 5.82 Å². The quantitative estimate of drug-likeness (QED) is 0.823. The number of aromatic nitrogens is 3. The molecule has 1 unspecified atom stereocenters. The van der Waals surface area contributed by atoms with E-state index in [1.54, 1.807) is 18.5 Å². The number of aryl methyl sites for hydroxylation is 1. The third-order valence-corrected chi connectivity index (χ3v) is 2.81. The lowest BCUT2D eigenvalue weighted by Gasteiger charge is -2.11. The number of nitrogens with zero attached hydrogens (tertiary/aromatic N) is 3. The summed E-state index contributed by atoms with van der Waals surface area (Å²) in [6.45, 7) is 0.183. The van der Waals surface area contributed by atoms with Crippen molar-refractivity contribution in [2.45, 2.75) is 6.04 Å². The van der Waals surface area contributed by atoms with Crippen LogP contribution in [0.25, 0.3) is 11.4 Å². The molecule has 7 heteroatoms. The molecule has 0 aliphatic carbocycles. The summed E-state index contributed by atoms with van der Waals surface area (Å²) < 4.78 is 6.66. The second kappa shape index (κ2) is 6.27. The van der Waals surface area contributed by atoms with Crippen LogP contribution in [0, 0.1) is 0 Å². The molecule has 1 aromatic carbocycles. The van der Waals surface area contributed by atoms with Gasteiger partial charge in [-0.05, 0) is 24.3 Å². The number of nitrogens with two attached hydrogens (primary N) is 1. The first-order valence-corrected chi connectivity index (χ1v) is 6.11. The molecule has 3 N–H and O–H groups in total. The molecule has 1 amide bonds. The number of anilines is 1. The third-order valence-electron chi connectivity index (χ3n) is 2.81. The smallest absolute Gasteiger partial charge is 0.243 e. The van der Waals surface area contributed by atoms with Gasteiger partial charge in [0.05, 0.1) is 6.61 Å². The van der Waals surface area contributed by atoms with Crippen molar-refractivity contribution in [1.82, 2.24) is 14.8 Å². The van der Waals surface area contributed by atoms with Crippen molar-refractivity contribution in [3.63, 3.8) is 0 Å². The van der Waals surface area contributed by atoms with Gasteiger partial charge >= 0.3 is 0 Å². The number of ether oxygens (including phenoxy) is 1. The number of benzene rings is 1. The Hall–Kier alpha value is -2.25. The normalized spacial score (nSPS) is 12.2. The number of carbonyl (C=O) groups is 1. The van der Waals surface area contributed by atoms with E-state index in [9.17, 15) is 4.79 Å². The van der Waals surface area contributed by atoms with Gasteiger partial charge < -0.3 is 20.4 Å².